The molecule has 1 rings (SSSR count). The monoisotopic (exact) mass is 177 g/mol. The van der Waals surface area contributed by atoms with Crippen LogP contribution in [0.1, 0.15) is 12.5 Å². The molecular weight excluding hydrogens is 166 g/mol. The van der Waals surface area contributed by atoms with Gasteiger partial charge in [-0.2, -0.15) is 4.99 Å². The van der Waals surface area contributed by atoms with Crippen molar-refractivity contribution in [1.29, 1.82) is 0 Å². The molecule has 0 heterocycles. The van der Waals surface area contributed by atoms with Crippen molar-refractivity contribution in [2.45, 2.75) is 13.8 Å². The number of hydrogen-bond acceptors (Lipinski definition) is 3. The number of aliphatic imine (C=N–C) groups is 1. The number of rotatable bonds is 3. The second-order valence-electron chi connectivity index (χ2n) is 2.61. The fraction of sp³-hybridized carbons (Fsp3) is 0.300. The Morgan fingerprint density at radius 1 is 1.54 bits per heavy atom. The van der Waals surface area contributed by atoms with Crippen LogP contribution in [-0.2, 0) is 4.79 Å². The van der Waals surface area contributed by atoms with Gasteiger partial charge in [-0.05, 0) is 31.5 Å². The van der Waals surface area contributed by atoms with Crippen molar-refractivity contribution < 1.29 is 9.53 Å². The SMILES string of the molecule is CCOc1cc(C)ccc1N=C=O. The molecule has 0 aliphatic heterocycles. The van der Waals surface area contributed by atoms with Crippen LogP contribution >= 0.6 is 0 Å². The summed E-state index contributed by atoms with van der Waals surface area (Å²) in [7, 11) is 0. The van der Waals surface area contributed by atoms with Crippen molar-refractivity contribution in [3.63, 3.8) is 0 Å². The Hall–Kier alpha value is -1.60. The van der Waals surface area contributed by atoms with Gasteiger partial charge in [0.2, 0.25) is 6.08 Å². The molecule has 3 nitrogen and oxygen atoms in total. The molecule has 0 unspecified atom stereocenters. The molecule has 68 valence electrons. The van der Waals surface area contributed by atoms with Crippen LogP contribution in [0.5, 0.6) is 5.75 Å². The molecule has 0 aliphatic carbocycles. The Labute approximate surface area is 77.1 Å². The lowest BCUT2D eigenvalue weighted by molar-refractivity contribution is 0.341. The lowest BCUT2D eigenvalue weighted by Gasteiger charge is -2.05. The molecule has 0 bridgehead atoms. The summed E-state index contributed by atoms with van der Waals surface area (Å²) in [6, 6.07) is 5.46. The molecule has 0 amide bonds. The number of hydrogen-bond donors (Lipinski definition) is 0. The summed E-state index contributed by atoms with van der Waals surface area (Å²) < 4.78 is 5.30. The Bertz CT molecular complexity index is 341. The Balaban J connectivity index is 3.09. The Morgan fingerprint density at radius 3 is 2.92 bits per heavy atom. The van der Waals surface area contributed by atoms with E-state index in [0.29, 0.717) is 18.0 Å². The van der Waals surface area contributed by atoms with Crippen LogP contribution < -0.4 is 4.74 Å². The van der Waals surface area contributed by atoms with E-state index in [0.717, 1.165) is 5.56 Å². The van der Waals surface area contributed by atoms with Gasteiger partial charge in [-0.1, -0.05) is 6.07 Å². The van der Waals surface area contributed by atoms with Gasteiger partial charge in [0.15, 0.2) is 0 Å². The first-order valence-corrected chi connectivity index (χ1v) is 4.09. The molecule has 0 spiro atoms. The van der Waals surface area contributed by atoms with E-state index in [4.69, 9.17) is 4.74 Å². The van der Waals surface area contributed by atoms with Gasteiger partial charge in [-0.25, -0.2) is 4.79 Å². The minimum absolute atomic E-state index is 0.530. The minimum Gasteiger partial charge on any atom is -0.492 e. The molecule has 0 radical (unpaired) electrons. The highest BCUT2D eigenvalue weighted by Crippen LogP contribution is 2.27. The number of carbonyl (C=O) groups excluding carboxylic acids is 1. The summed E-state index contributed by atoms with van der Waals surface area (Å²) >= 11 is 0. The number of ether oxygens (including phenoxy) is 1. The molecule has 0 N–H and O–H groups in total. The highest BCUT2D eigenvalue weighted by atomic mass is 16.5. The third-order valence-corrected chi connectivity index (χ3v) is 1.58. The molecule has 0 fully saturated rings. The first-order chi connectivity index (χ1) is 6.27. The van der Waals surface area contributed by atoms with Gasteiger partial charge < -0.3 is 4.74 Å². The number of nitrogens with zero attached hydrogens (tertiary/aromatic N) is 1. The van der Waals surface area contributed by atoms with Crippen molar-refractivity contribution in [3.8, 4) is 5.75 Å². The largest absolute Gasteiger partial charge is 0.492 e. The van der Waals surface area contributed by atoms with Crippen LogP contribution in [-0.4, -0.2) is 12.7 Å². The summed E-state index contributed by atoms with van der Waals surface area (Å²) in [4.78, 5) is 13.6. The van der Waals surface area contributed by atoms with Crippen molar-refractivity contribution in [3.05, 3.63) is 23.8 Å². The predicted molar refractivity (Wildman–Crippen MR) is 50.1 cm³/mol. The highest BCUT2D eigenvalue weighted by molar-refractivity contribution is 5.58. The average Bonchev–Trinajstić information content (AvgIpc) is 2.10. The van der Waals surface area contributed by atoms with Gasteiger partial charge in [0, 0.05) is 0 Å². The van der Waals surface area contributed by atoms with Crippen molar-refractivity contribution in [1.82, 2.24) is 0 Å². The van der Waals surface area contributed by atoms with Gasteiger partial charge >= 0.3 is 0 Å². The quantitative estimate of drug-likeness (QED) is 0.525. The predicted octanol–water partition coefficient (Wildman–Crippen LogP) is 2.36. The van der Waals surface area contributed by atoms with Gasteiger partial charge in [0.05, 0.1) is 6.61 Å². The number of aryl methyl sites for hydroxylation is 1. The third-order valence-electron chi connectivity index (χ3n) is 1.58. The fourth-order valence-electron chi connectivity index (χ4n) is 1.03. The highest BCUT2D eigenvalue weighted by Gasteiger charge is 2.01. The normalized spacial score (nSPS) is 9.08. The Morgan fingerprint density at radius 2 is 2.31 bits per heavy atom. The summed E-state index contributed by atoms with van der Waals surface area (Å²) in [5, 5.41) is 0. The van der Waals surface area contributed by atoms with Crippen molar-refractivity contribution in [2.75, 3.05) is 6.61 Å². The fourth-order valence-corrected chi connectivity index (χ4v) is 1.03. The van der Waals surface area contributed by atoms with Crippen LogP contribution in [0.15, 0.2) is 23.2 Å². The topological polar surface area (TPSA) is 38.7 Å². The second-order valence-corrected chi connectivity index (χ2v) is 2.61. The maximum Gasteiger partial charge on any atom is 0.240 e. The third kappa shape index (κ3) is 2.42. The summed E-state index contributed by atoms with van der Waals surface area (Å²) in [5.74, 6) is 0.630. The first-order valence-electron chi connectivity index (χ1n) is 4.09. The molecule has 0 aliphatic rings. The van der Waals surface area contributed by atoms with E-state index < -0.39 is 0 Å². The first kappa shape index (κ1) is 9.49. The van der Waals surface area contributed by atoms with Crippen LogP contribution in [0.4, 0.5) is 5.69 Å². The number of isocyanates is 1. The van der Waals surface area contributed by atoms with E-state index in [2.05, 4.69) is 4.99 Å². The van der Waals surface area contributed by atoms with Gasteiger partial charge in [0.1, 0.15) is 11.4 Å². The van der Waals surface area contributed by atoms with E-state index in [1.165, 1.54) is 6.08 Å². The molecule has 3 heteroatoms. The molecule has 0 saturated heterocycles. The zero-order valence-corrected chi connectivity index (χ0v) is 7.70. The zero-order chi connectivity index (χ0) is 9.68. The number of benzene rings is 1. The summed E-state index contributed by atoms with van der Waals surface area (Å²) in [6.07, 6.45) is 1.50. The minimum atomic E-state index is 0.530. The molecule has 13 heavy (non-hydrogen) atoms. The molecule has 0 aromatic heterocycles. The van der Waals surface area contributed by atoms with Gasteiger partial charge in [-0.15, -0.1) is 0 Å². The molecular formula is C10H11NO2. The smallest absolute Gasteiger partial charge is 0.240 e. The molecule has 1 aromatic carbocycles. The van der Waals surface area contributed by atoms with Crippen LogP contribution in [0, 0.1) is 6.92 Å². The molecule has 1 aromatic rings. The van der Waals surface area contributed by atoms with Gasteiger partial charge in [-0.3, -0.25) is 0 Å². The van der Waals surface area contributed by atoms with E-state index >= 15 is 0 Å². The maximum atomic E-state index is 10.1. The van der Waals surface area contributed by atoms with Crippen molar-refractivity contribution >= 4 is 11.8 Å². The summed E-state index contributed by atoms with van der Waals surface area (Å²) in [5.41, 5.74) is 1.61. The van der Waals surface area contributed by atoms with E-state index in [1.807, 2.05) is 26.0 Å². The van der Waals surface area contributed by atoms with Crippen molar-refractivity contribution in [2.24, 2.45) is 4.99 Å². The van der Waals surface area contributed by atoms with Crippen LogP contribution in [0.3, 0.4) is 0 Å². The lowest BCUT2D eigenvalue weighted by atomic mass is 10.2. The Kier molecular flexibility index (Phi) is 3.23. The van der Waals surface area contributed by atoms with E-state index in [-0.39, 0.29) is 0 Å². The van der Waals surface area contributed by atoms with Crippen LogP contribution in [0.25, 0.3) is 0 Å². The molecule has 0 atom stereocenters. The summed E-state index contributed by atoms with van der Waals surface area (Å²) in [6.45, 7) is 4.40. The standard InChI is InChI=1S/C10H11NO2/c1-3-13-10-6-8(2)4-5-9(10)11-7-12/h4-6H,3H2,1-2H3. The zero-order valence-electron chi connectivity index (χ0n) is 7.70. The maximum absolute atomic E-state index is 10.1. The van der Waals surface area contributed by atoms with Crippen LogP contribution in [0.2, 0.25) is 0 Å². The van der Waals surface area contributed by atoms with Gasteiger partial charge in [0.25, 0.3) is 0 Å². The average molecular weight is 177 g/mol. The van der Waals surface area contributed by atoms with E-state index in [1.54, 1.807) is 6.07 Å². The lowest BCUT2D eigenvalue weighted by Crippen LogP contribution is -1.91. The second kappa shape index (κ2) is 4.43. The van der Waals surface area contributed by atoms with E-state index in [9.17, 15) is 4.79 Å². The molecule has 0 saturated carbocycles.